The van der Waals surface area contributed by atoms with Crippen molar-refractivity contribution in [2.45, 2.75) is 40.0 Å². The highest BCUT2D eigenvalue weighted by atomic mass is 16.5. The predicted octanol–water partition coefficient (Wildman–Crippen LogP) is 4.21. The van der Waals surface area contributed by atoms with Crippen molar-refractivity contribution in [2.24, 2.45) is 0 Å². The minimum atomic E-state index is 0.797. The first-order chi connectivity index (χ1) is 7.69. The topological polar surface area (TPSA) is 9.23 Å². The SMILES string of the molecule is C=CCCc1cc(C)cc(C)c1OCCC. The van der Waals surface area contributed by atoms with Gasteiger partial charge in [-0.05, 0) is 44.2 Å². The average molecular weight is 218 g/mol. The van der Waals surface area contributed by atoms with E-state index < -0.39 is 0 Å². The maximum atomic E-state index is 5.83. The molecule has 0 spiro atoms. The standard InChI is InChI=1S/C15H22O/c1-5-7-8-14-11-12(3)10-13(4)15(14)16-9-6-2/h5,10-11H,1,6-9H2,2-4H3. The van der Waals surface area contributed by atoms with Crippen LogP contribution in [-0.4, -0.2) is 6.61 Å². The molecule has 0 aromatic heterocycles. The molecule has 0 amide bonds. The smallest absolute Gasteiger partial charge is 0.125 e. The minimum absolute atomic E-state index is 0.797. The number of benzene rings is 1. The highest BCUT2D eigenvalue weighted by molar-refractivity contribution is 5.44. The molecule has 0 bridgehead atoms. The number of hydrogen-bond acceptors (Lipinski definition) is 1. The molecule has 0 radical (unpaired) electrons. The van der Waals surface area contributed by atoms with E-state index >= 15 is 0 Å². The van der Waals surface area contributed by atoms with Crippen LogP contribution in [0.1, 0.15) is 36.5 Å². The Morgan fingerprint density at radius 1 is 1.31 bits per heavy atom. The third kappa shape index (κ3) is 3.41. The van der Waals surface area contributed by atoms with E-state index in [4.69, 9.17) is 4.74 Å². The van der Waals surface area contributed by atoms with Crippen molar-refractivity contribution in [1.29, 1.82) is 0 Å². The van der Waals surface area contributed by atoms with E-state index in [-0.39, 0.29) is 0 Å². The second kappa shape index (κ2) is 6.37. The van der Waals surface area contributed by atoms with Gasteiger partial charge in [-0.1, -0.05) is 30.7 Å². The molecule has 1 heteroatoms. The van der Waals surface area contributed by atoms with Crippen molar-refractivity contribution in [3.8, 4) is 5.75 Å². The largest absolute Gasteiger partial charge is 0.493 e. The van der Waals surface area contributed by atoms with Gasteiger partial charge in [0.2, 0.25) is 0 Å². The summed E-state index contributed by atoms with van der Waals surface area (Å²) < 4.78 is 5.83. The average Bonchev–Trinajstić information content (AvgIpc) is 2.24. The van der Waals surface area contributed by atoms with Gasteiger partial charge >= 0.3 is 0 Å². The Hall–Kier alpha value is -1.24. The van der Waals surface area contributed by atoms with Crippen molar-refractivity contribution in [3.05, 3.63) is 41.5 Å². The fourth-order valence-corrected chi connectivity index (χ4v) is 1.90. The second-order valence-corrected chi connectivity index (χ2v) is 4.25. The van der Waals surface area contributed by atoms with E-state index in [1.807, 2.05) is 6.08 Å². The van der Waals surface area contributed by atoms with Gasteiger partial charge in [-0.3, -0.25) is 0 Å². The maximum Gasteiger partial charge on any atom is 0.125 e. The van der Waals surface area contributed by atoms with Gasteiger partial charge in [0.25, 0.3) is 0 Å². The van der Waals surface area contributed by atoms with Crippen LogP contribution < -0.4 is 4.74 Å². The first kappa shape index (κ1) is 12.8. The summed E-state index contributed by atoms with van der Waals surface area (Å²) in [6, 6.07) is 4.41. The summed E-state index contributed by atoms with van der Waals surface area (Å²) in [5.74, 6) is 1.08. The molecule has 0 fully saturated rings. The number of ether oxygens (including phenoxy) is 1. The van der Waals surface area contributed by atoms with E-state index in [0.29, 0.717) is 0 Å². The van der Waals surface area contributed by atoms with Gasteiger partial charge in [0, 0.05) is 0 Å². The van der Waals surface area contributed by atoms with Crippen molar-refractivity contribution in [3.63, 3.8) is 0 Å². The lowest BCUT2D eigenvalue weighted by Crippen LogP contribution is -2.01. The molecule has 0 unspecified atom stereocenters. The van der Waals surface area contributed by atoms with Crippen molar-refractivity contribution in [2.75, 3.05) is 6.61 Å². The van der Waals surface area contributed by atoms with Gasteiger partial charge in [-0.2, -0.15) is 0 Å². The van der Waals surface area contributed by atoms with Gasteiger partial charge in [0.15, 0.2) is 0 Å². The number of hydrogen-bond donors (Lipinski definition) is 0. The Kier molecular flexibility index (Phi) is 5.10. The summed E-state index contributed by atoms with van der Waals surface area (Å²) in [4.78, 5) is 0. The van der Waals surface area contributed by atoms with Crippen LogP contribution in [0.15, 0.2) is 24.8 Å². The highest BCUT2D eigenvalue weighted by Gasteiger charge is 2.07. The van der Waals surface area contributed by atoms with Crippen LogP contribution in [0.2, 0.25) is 0 Å². The molecule has 0 heterocycles. The van der Waals surface area contributed by atoms with Gasteiger partial charge in [0.05, 0.1) is 6.61 Å². The van der Waals surface area contributed by atoms with Crippen LogP contribution in [0.5, 0.6) is 5.75 Å². The van der Waals surface area contributed by atoms with Crippen LogP contribution in [0.4, 0.5) is 0 Å². The summed E-state index contributed by atoms with van der Waals surface area (Å²) in [6.07, 6.45) is 5.03. The molecule has 1 nitrogen and oxygen atoms in total. The molecule has 1 aromatic rings. The van der Waals surface area contributed by atoms with Crippen LogP contribution >= 0.6 is 0 Å². The van der Waals surface area contributed by atoms with Gasteiger partial charge in [-0.25, -0.2) is 0 Å². The lowest BCUT2D eigenvalue weighted by atomic mass is 10.0. The van der Waals surface area contributed by atoms with Crippen LogP contribution in [0, 0.1) is 13.8 Å². The van der Waals surface area contributed by atoms with E-state index in [2.05, 4.69) is 39.5 Å². The first-order valence-electron chi connectivity index (χ1n) is 6.02. The molecule has 0 N–H and O–H groups in total. The molecule has 1 rings (SSSR count). The number of rotatable bonds is 6. The summed E-state index contributed by atoms with van der Waals surface area (Å²) in [5, 5.41) is 0. The van der Waals surface area contributed by atoms with E-state index in [1.165, 1.54) is 16.7 Å². The highest BCUT2D eigenvalue weighted by Crippen LogP contribution is 2.26. The molecule has 88 valence electrons. The number of aryl methyl sites for hydroxylation is 3. The lowest BCUT2D eigenvalue weighted by molar-refractivity contribution is 0.312. The number of allylic oxidation sites excluding steroid dienone is 1. The molecule has 1 aromatic carbocycles. The van der Waals surface area contributed by atoms with Crippen molar-refractivity contribution >= 4 is 0 Å². The van der Waals surface area contributed by atoms with Crippen molar-refractivity contribution < 1.29 is 4.74 Å². The molecule has 0 saturated carbocycles. The monoisotopic (exact) mass is 218 g/mol. The zero-order valence-corrected chi connectivity index (χ0v) is 10.7. The summed E-state index contributed by atoms with van der Waals surface area (Å²) >= 11 is 0. The summed E-state index contributed by atoms with van der Waals surface area (Å²) in [7, 11) is 0. The molecule has 0 saturated heterocycles. The van der Waals surface area contributed by atoms with Crippen LogP contribution in [0.25, 0.3) is 0 Å². The molecular formula is C15H22O. The van der Waals surface area contributed by atoms with Crippen molar-refractivity contribution in [1.82, 2.24) is 0 Å². The van der Waals surface area contributed by atoms with Gasteiger partial charge in [-0.15, -0.1) is 6.58 Å². The summed E-state index contributed by atoms with van der Waals surface area (Å²) in [6.45, 7) is 11.0. The van der Waals surface area contributed by atoms with Crippen LogP contribution in [-0.2, 0) is 6.42 Å². The quantitative estimate of drug-likeness (QED) is 0.650. The third-order valence-corrected chi connectivity index (χ3v) is 2.56. The van der Waals surface area contributed by atoms with E-state index in [1.54, 1.807) is 0 Å². The molecule has 0 aliphatic heterocycles. The molecule has 0 aliphatic rings. The zero-order valence-electron chi connectivity index (χ0n) is 10.7. The molecule has 0 atom stereocenters. The van der Waals surface area contributed by atoms with E-state index in [0.717, 1.165) is 31.6 Å². The predicted molar refractivity (Wildman–Crippen MR) is 70.2 cm³/mol. The summed E-state index contributed by atoms with van der Waals surface area (Å²) in [5.41, 5.74) is 3.86. The second-order valence-electron chi connectivity index (χ2n) is 4.25. The first-order valence-corrected chi connectivity index (χ1v) is 6.02. The minimum Gasteiger partial charge on any atom is -0.493 e. The van der Waals surface area contributed by atoms with E-state index in [9.17, 15) is 0 Å². The normalized spacial score (nSPS) is 10.2. The fraction of sp³-hybridized carbons (Fsp3) is 0.467. The Morgan fingerprint density at radius 2 is 2.06 bits per heavy atom. The zero-order chi connectivity index (χ0) is 12.0. The third-order valence-electron chi connectivity index (χ3n) is 2.56. The van der Waals surface area contributed by atoms with Gasteiger partial charge < -0.3 is 4.74 Å². The maximum absolute atomic E-state index is 5.83. The fourth-order valence-electron chi connectivity index (χ4n) is 1.90. The Morgan fingerprint density at radius 3 is 2.69 bits per heavy atom. The Labute approximate surface area is 99.1 Å². The molecule has 0 aliphatic carbocycles. The van der Waals surface area contributed by atoms with Gasteiger partial charge in [0.1, 0.15) is 5.75 Å². The molecular weight excluding hydrogens is 196 g/mol. The Balaban J connectivity index is 2.95. The Bertz CT molecular complexity index is 353. The molecule has 16 heavy (non-hydrogen) atoms. The lowest BCUT2D eigenvalue weighted by Gasteiger charge is -2.14. The van der Waals surface area contributed by atoms with Crippen LogP contribution in [0.3, 0.4) is 0 Å².